The number of benzene rings is 1. The van der Waals surface area contributed by atoms with Gasteiger partial charge in [-0.15, -0.1) is 0 Å². The summed E-state index contributed by atoms with van der Waals surface area (Å²) < 4.78 is 14.8. The molecule has 1 heterocycles. The lowest BCUT2D eigenvalue weighted by Crippen LogP contribution is -2.12. The second-order valence-corrected chi connectivity index (χ2v) is 4.62. The highest BCUT2D eigenvalue weighted by molar-refractivity contribution is 6.30. The van der Waals surface area contributed by atoms with E-state index in [2.05, 4.69) is 5.16 Å². The van der Waals surface area contributed by atoms with E-state index in [0.29, 0.717) is 10.6 Å². The Balaban J connectivity index is 2.52. The van der Waals surface area contributed by atoms with Crippen LogP contribution in [-0.4, -0.2) is 30.3 Å². The van der Waals surface area contributed by atoms with Crippen LogP contribution in [0.5, 0.6) is 0 Å². The number of halogens is 1. The normalized spacial score (nSPS) is 10.3. The zero-order chi connectivity index (χ0) is 16.1. The first-order chi connectivity index (χ1) is 10.6. The lowest BCUT2D eigenvalue weighted by atomic mass is 10.1. The van der Waals surface area contributed by atoms with Gasteiger partial charge in [0, 0.05) is 10.6 Å². The first-order valence-electron chi connectivity index (χ1n) is 6.68. The largest absolute Gasteiger partial charge is 0.462 e. The fourth-order valence-electron chi connectivity index (χ4n) is 1.82. The Morgan fingerprint density at radius 3 is 2.27 bits per heavy atom. The zero-order valence-corrected chi connectivity index (χ0v) is 12.8. The Morgan fingerprint density at radius 2 is 1.68 bits per heavy atom. The summed E-state index contributed by atoms with van der Waals surface area (Å²) in [6.45, 7) is 3.63. The molecule has 0 amide bonds. The molecule has 0 aliphatic heterocycles. The van der Waals surface area contributed by atoms with Crippen LogP contribution in [0.2, 0.25) is 5.02 Å². The molecule has 0 aliphatic carbocycles. The number of ether oxygens (including phenoxy) is 2. The fourth-order valence-corrected chi connectivity index (χ4v) is 1.95. The third kappa shape index (κ3) is 3.28. The molecule has 0 radical (unpaired) electrons. The summed E-state index contributed by atoms with van der Waals surface area (Å²) in [4.78, 5) is 24.0. The highest BCUT2D eigenvalue weighted by Gasteiger charge is 2.30. The number of rotatable bonds is 5. The Kier molecular flexibility index (Phi) is 5.16. The maximum absolute atomic E-state index is 12.1. The van der Waals surface area contributed by atoms with Crippen LogP contribution in [0.15, 0.2) is 28.8 Å². The Bertz CT molecular complexity index is 678. The molecule has 22 heavy (non-hydrogen) atoms. The van der Waals surface area contributed by atoms with Crippen molar-refractivity contribution in [1.29, 1.82) is 0 Å². The molecule has 6 nitrogen and oxygen atoms in total. The van der Waals surface area contributed by atoms with Crippen molar-refractivity contribution in [2.75, 3.05) is 13.2 Å². The Morgan fingerprint density at radius 1 is 1.09 bits per heavy atom. The molecular formula is C15H14ClNO5. The van der Waals surface area contributed by atoms with Gasteiger partial charge < -0.3 is 14.0 Å². The van der Waals surface area contributed by atoms with Crippen molar-refractivity contribution in [1.82, 2.24) is 5.16 Å². The van der Waals surface area contributed by atoms with Gasteiger partial charge in [0.15, 0.2) is 0 Å². The molecule has 0 saturated heterocycles. The summed E-state index contributed by atoms with van der Waals surface area (Å²) in [7, 11) is 0. The van der Waals surface area contributed by atoms with Crippen molar-refractivity contribution in [2.45, 2.75) is 13.8 Å². The van der Waals surface area contributed by atoms with Gasteiger partial charge in [0.1, 0.15) is 11.3 Å². The molecule has 0 aliphatic rings. The van der Waals surface area contributed by atoms with Crippen LogP contribution in [0.25, 0.3) is 11.3 Å². The zero-order valence-electron chi connectivity index (χ0n) is 12.1. The molecule has 0 saturated carbocycles. The van der Waals surface area contributed by atoms with Gasteiger partial charge in [0.2, 0.25) is 0 Å². The van der Waals surface area contributed by atoms with Crippen LogP contribution in [0.1, 0.15) is 34.8 Å². The van der Waals surface area contributed by atoms with Gasteiger partial charge in [-0.2, -0.15) is 0 Å². The monoisotopic (exact) mass is 323 g/mol. The Labute approximate surface area is 131 Å². The second-order valence-electron chi connectivity index (χ2n) is 4.18. The quantitative estimate of drug-likeness (QED) is 0.785. The number of esters is 2. The van der Waals surface area contributed by atoms with E-state index in [1.165, 1.54) is 0 Å². The number of hydrogen-bond acceptors (Lipinski definition) is 6. The molecule has 0 N–H and O–H groups in total. The van der Waals surface area contributed by atoms with Gasteiger partial charge in [0.05, 0.1) is 13.2 Å². The average molecular weight is 324 g/mol. The van der Waals surface area contributed by atoms with Crippen molar-refractivity contribution in [3.05, 3.63) is 40.6 Å². The molecule has 1 aromatic carbocycles. The molecule has 0 bridgehead atoms. The number of hydrogen-bond donors (Lipinski definition) is 0. The van der Waals surface area contributed by atoms with Crippen molar-refractivity contribution in [2.24, 2.45) is 0 Å². The Hall–Kier alpha value is -2.34. The van der Waals surface area contributed by atoms with E-state index < -0.39 is 11.9 Å². The van der Waals surface area contributed by atoms with Gasteiger partial charge in [-0.1, -0.05) is 28.9 Å². The van der Waals surface area contributed by atoms with Gasteiger partial charge in [0.25, 0.3) is 5.76 Å². The maximum Gasteiger partial charge on any atom is 0.378 e. The maximum atomic E-state index is 12.1. The minimum atomic E-state index is -0.765. The molecule has 1 aromatic heterocycles. The van der Waals surface area contributed by atoms with Crippen molar-refractivity contribution < 1.29 is 23.6 Å². The van der Waals surface area contributed by atoms with E-state index >= 15 is 0 Å². The van der Waals surface area contributed by atoms with E-state index in [1.54, 1.807) is 38.1 Å². The fraction of sp³-hybridized carbons (Fsp3) is 0.267. The highest BCUT2D eigenvalue weighted by Crippen LogP contribution is 2.28. The molecule has 7 heteroatoms. The highest BCUT2D eigenvalue weighted by atomic mass is 35.5. The van der Waals surface area contributed by atoms with E-state index in [4.69, 9.17) is 25.6 Å². The van der Waals surface area contributed by atoms with Crippen molar-refractivity contribution in [3.8, 4) is 11.3 Å². The molecular weight excluding hydrogens is 310 g/mol. The van der Waals surface area contributed by atoms with Gasteiger partial charge in [-0.05, 0) is 26.0 Å². The molecule has 0 unspecified atom stereocenters. The molecule has 116 valence electrons. The first-order valence-corrected chi connectivity index (χ1v) is 7.06. The van der Waals surface area contributed by atoms with Crippen LogP contribution < -0.4 is 0 Å². The SMILES string of the molecule is CCOC(=O)c1onc(-c2ccc(Cl)cc2)c1C(=O)OCC. The lowest BCUT2D eigenvalue weighted by Gasteiger charge is -2.04. The summed E-state index contributed by atoms with van der Waals surface area (Å²) in [6.07, 6.45) is 0. The predicted octanol–water partition coefficient (Wildman–Crippen LogP) is 3.35. The predicted molar refractivity (Wildman–Crippen MR) is 78.9 cm³/mol. The standard InChI is InChI=1S/C15H14ClNO5/c1-3-20-14(18)11-12(9-5-7-10(16)8-6-9)17-22-13(11)15(19)21-4-2/h5-8H,3-4H2,1-2H3. The smallest absolute Gasteiger partial charge is 0.378 e. The summed E-state index contributed by atoms with van der Waals surface area (Å²) in [5, 5.41) is 4.34. The first kappa shape index (κ1) is 16.0. The minimum absolute atomic E-state index is 0.0531. The third-order valence-corrected chi connectivity index (χ3v) is 3.00. The van der Waals surface area contributed by atoms with Crippen molar-refractivity contribution in [3.63, 3.8) is 0 Å². The van der Waals surface area contributed by atoms with Crippen LogP contribution in [0, 0.1) is 0 Å². The van der Waals surface area contributed by atoms with Crippen LogP contribution in [-0.2, 0) is 9.47 Å². The van der Waals surface area contributed by atoms with E-state index in [-0.39, 0.29) is 30.2 Å². The number of aromatic nitrogens is 1. The van der Waals surface area contributed by atoms with Crippen LogP contribution >= 0.6 is 11.6 Å². The topological polar surface area (TPSA) is 78.6 Å². The number of carbonyl (C=O) groups excluding carboxylic acids is 2. The average Bonchev–Trinajstić information content (AvgIpc) is 2.93. The number of carbonyl (C=O) groups is 2. The van der Waals surface area contributed by atoms with E-state index in [0.717, 1.165) is 0 Å². The number of nitrogens with zero attached hydrogens (tertiary/aromatic N) is 1. The van der Waals surface area contributed by atoms with Gasteiger partial charge in [-0.25, -0.2) is 9.59 Å². The van der Waals surface area contributed by atoms with Crippen LogP contribution in [0.4, 0.5) is 0 Å². The van der Waals surface area contributed by atoms with Gasteiger partial charge in [-0.3, -0.25) is 0 Å². The summed E-state index contributed by atoms with van der Waals surface area (Å²) in [5.41, 5.74) is 0.729. The summed E-state index contributed by atoms with van der Waals surface area (Å²) >= 11 is 5.84. The second kappa shape index (κ2) is 7.09. The van der Waals surface area contributed by atoms with Crippen molar-refractivity contribution >= 4 is 23.5 Å². The molecule has 2 rings (SSSR count). The molecule has 0 fully saturated rings. The summed E-state index contributed by atoms with van der Waals surface area (Å²) in [6, 6.07) is 6.62. The molecule has 2 aromatic rings. The minimum Gasteiger partial charge on any atom is -0.462 e. The summed E-state index contributed by atoms with van der Waals surface area (Å²) in [5.74, 6) is -1.74. The van der Waals surface area contributed by atoms with E-state index in [1.807, 2.05) is 0 Å². The van der Waals surface area contributed by atoms with E-state index in [9.17, 15) is 9.59 Å². The lowest BCUT2D eigenvalue weighted by molar-refractivity contribution is 0.0445. The third-order valence-electron chi connectivity index (χ3n) is 2.75. The molecule has 0 atom stereocenters. The van der Waals surface area contributed by atoms with Crippen LogP contribution in [0.3, 0.4) is 0 Å². The molecule has 0 spiro atoms. The van der Waals surface area contributed by atoms with Gasteiger partial charge >= 0.3 is 11.9 Å².